The molecule has 0 N–H and O–H groups in total. The summed E-state index contributed by atoms with van der Waals surface area (Å²) in [5.41, 5.74) is 1.12. The van der Waals surface area contributed by atoms with Crippen LogP contribution in [0.3, 0.4) is 0 Å². The third-order valence-electron chi connectivity index (χ3n) is 3.78. The van der Waals surface area contributed by atoms with E-state index in [1.165, 1.54) is 7.11 Å². The summed E-state index contributed by atoms with van der Waals surface area (Å²) in [6.07, 6.45) is 1.98. The highest BCUT2D eigenvalue weighted by Gasteiger charge is 2.39. The van der Waals surface area contributed by atoms with Crippen LogP contribution in [0.1, 0.15) is 47.0 Å². The molecule has 0 fully saturated rings. The first-order valence-electron chi connectivity index (χ1n) is 6.88. The van der Waals surface area contributed by atoms with Crippen molar-refractivity contribution in [1.29, 1.82) is 0 Å². The maximum absolute atomic E-state index is 11.5. The minimum Gasteiger partial charge on any atom is -0.469 e. The van der Waals surface area contributed by atoms with Crippen LogP contribution in [0.4, 0.5) is 0 Å². The quantitative estimate of drug-likeness (QED) is 0.398. The molecule has 0 heterocycles. The second-order valence-corrected chi connectivity index (χ2v) is 11.5. The summed E-state index contributed by atoms with van der Waals surface area (Å²) in [5, 5.41) is 0.143. The lowest BCUT2D eigenvalue weighted by Crippen LogP contribution is -2.44. The summed E-state index contributed by atoms with van der Waals surface area (Å²) in [6, 6.07) is 0. The summed E-state index contributed by atoms with van der Waals surface area (Å²) in [7, 11) is -0.436. The molecule has 112 valence electrons. The van der Waals surface area contributed by atoms with Gasteiger partial charge in [0.1, 0.15) is 0 Å². The lowest BCUT2D eigenvalue weighted by atomic mass is 10.1. The van der Waals surface area contributed by atoms with Gasteiger partial charge >= 0.3 is 5.97 Å². The van der Waals surface area contributed by atoms with Gasteiger partial charge in [-0.25, -0.2) is 0 Å². The Morgan fingerprint density at radius 3 is 2.21 bits per heavy atom. The van der Waals surface area contributed by atoms with E-state index < -0.39 is 8.32 Å². The molecule has 0 spiro atoms. The summed E-state index contributed by atoms with van der Waals surface area (Å²) in [5.74, 6) is -0.203. The zero-order chi connectivity index (χ0) is 15.3. The zero-order valence-electron chi connectivity index (χ0n) is 13.6. The van der Waals surface area contributed by atoms with E-state index in [4.69, 9.17) is 9.16 Å². The van der Waals surface area contributed by atoms with E-state index in [0.29, 0.717) is 6.42 Å². The lowest BCUT2D eigenvalue weighted by molar-refractivity contribution is -0.142. The Balaban J connectivity index is 4.74. The van der Waals surface area contributed by atoms with Crippen LogP contribution in [0.25, 0.3) is 0 Å². The van der Waals surface area contributed by atoms with Gasteiger partial charge in [0.15, 0.2) is 8.32 Å². The monoisotopic (exact) mass is 286 g/mol. The molecule has 0 aliphatic carbocycles. The van der Waals surface area contributed by atoms with Gasteiger partial charge in [0, 0.05) is 0 Å². The van der Waals surface area contributed by atoms with Crippen molar-refractivity contribution in [3.63, 3.8) is 0 Å². The molecule has 0 aromatic heterocycles. The van der Waals surface area contributed by atoms with Gasteiger partial charge in [-0.1, -0.05) is 26.3 Å². The van der Waals surface area contributed by atoms with E-state index in [0.717, 1.165) is 18.4 Å². The van der Waals surface area contributed by atoms with Crippen LogP contribution >= 0.6 is 0 Å². The zero-order valence-corrected chi connectivity index (χ0v) is 14.6. The van der Waals surface area contributed by atoms with E-state index in [-0.39, 0.29) is 17.1 Å². The first-order valence-corrected chi connectivity index (χ1v) is 9.79. The van der Waals surface area contributed by atoms with Gasteiger partial charge in [-0.15, -0.1) is 6.58 Å². The highest BCUT2D eigenvalue weighted by atomic mass is 28.4. The van der Waals surface area contributed by atoms with E-state index in [1.807, 2.05) is 6.92 Å². The molecule has 0 aliphatic heterocycles. The summed E-state index contributed by atoms with van der Waals surface area (Å²) in [4.78, 5) is 11.5. The Morgan fingerprint density at radius 2 is 1.84 bits per heavy atom. The van der Waals surface area contributed by atoms with Gasteiger partial charge in [-0.2, -0.15) is 0 Å². The van der Waals surface area contributed by atoms with Gasteiger partial charge in [0.25, 0.3) is 0 Å². The third-order valence-corrected chi connectivity index (χ3v) is 8.32. The normalized spacial score (nSPS) is 14.1. The molecule has 1 atom stereocenters. The van der Waals surface area contributed by atoms with Crippen LogP contribution in [0.15, 0.2) is 12.2 Å². The van der Waals surface area contributed by atoms with Crippen molar-refractivity contribution in [2.24, 2.45) is 0 Å². The molecule has 0 radical (unpaired) electrons. The maximum atomic E-state index is 11.5. The second-order valence-electron chi connectivity index (χ2n) is 6.78. The Morgan fingerprint density at radius 1 is 1.32 bits per heavy atom. The van der Waals surface area contributed by atoms with Gasteiger partial charge in [-0.05, 0) is 37.9 Å². The topological polar surface area (TPSA) is 35.5 Å². The molecule has 0 bridgehead atoms. The molecule has 0 aliphatic rings. The van der Waals surface area contributed by atoms with Crippen molar-refractivity contribution in [1.82, 2.24) is 0 Å². The van der Waals surface area contributed by atoms with Crippen molar-refractivity contribution in [2.75, 3.05) is 7.11 Å². The minimum absolute atomic E-state index is 0.0648. The second kappa shape index (κ2) is 7.24. The minimum atomic E-state index is -1.86. The Hall–Kier alpha value is -0.613. The Bertz CT molecular complexity index is 316. The van der Waals surface area contributed by atoms with Crippen molar-refractivity contribution in [2.45, 2.75) is 71.2 Å². The van der Waals surface area contributed by atoms with Crippen molar-refractivity contribution in [3.8, 4) is 0 Å². The molecule has 0 saturated heterocycles. The van der Waals surface area contributed by atoms with Gasteiger partial charge in [0.05, 0.1) is 19.6 Å². The van der Waals surface area contributed by atoms with Crippen LogP contribution < -0.4 is 0 Å². The van der Waals surface area contributed by atoms with Crippen LogP contribution in [-0.2, 0) is 14.0 Å². The molecule has 0 amide bonds. The summed E-state index contributed by atoms with van der Waals surface area (Å²) < 4.78 is 11.1. The van der Waals surface area contributed by atoms with Gasteiger partial charge in [0.2, 0.25) is 0 Å². The average molecular weight is 286 g/mol. The standard InChI is InChI=1S/C15H30O3Si/c1-12(2)9-10-13(11-14(16)17-6)18-19(7,8)15(3,4)5/h13H,1,9-11H2,2-8H3/t13-/m0/s1. The average Bonchev–Trinajstić information content (AvgIpc) is 2.23. The van der Waals surface area contributed by atoms with Crippen LogP contribution in [-0.4, -0.2) is 27.5 Å². The number of hydrogen-bond acceptors (Lipinski definition) is 3. The number of esters is 1. The third kappa shape index (κ3) is 6.92. The number of carbonyl (C=O) groups is 1. The van der Waals surface area contributed by atoms with Gasteiger partial charge < -0.3 is 9.16 Å². The van der Waals surface area contributed by atoms with Crippen molar-refractivity contribution >= 4 is 14.3 Å². The van der Waals surface area contributed by atoms with Crippen molar-refractivity contribution in [3.05, 3.63) is 12.2 Å². The van der Waals surface area contributed by atoms with Crippen LogP contribution in [0, 0.1) is 0 Å². The fourth-order valence-electron chi connectivity index (χ4n) is 1.47. The molecule has 0 unspecified atom stereocenters. The predicted octanol–water partition coefficient (Wildman–Crippen LogP) is 4.30. The first-order chi connectivity index (χ1) is 8.49. The molecule has 19 heavy (non-hydrogen) atoms. The van der Waals surface area contributed by atoms with E-state index >= 15 is 0 Å². The largest absolute Gasteiger partial charge is 0.469 e. The lowest BCUT2D eigenvalue weighted by Gasteiger charge is -2.39. The SMILES string of the molecule is C=C(C)CC[C@@H](CC(=O)OC)O[Si](C)(C)C(C)(C)C. The molecule has 4 heteroatoms. The smallest absolute Gasteiger partial charge is 0.308 e. The van der Waals surface area contributed by atoms with E-state index in [9.17, 15) is 4.79 Å². The van der Waals surface area contributed by atoms with Crippen LogP contribution in [0.2, 0.25) is 18.1 Å². The van der Waals surface area contributed by atoms with Crippen molar-refractivity contribution < 1.29 is 14.0 Å². The molecule has 3 nitrogen and oxygen atoms in total. The molecular weight excluding hydrogens is 256 g/mol. The highest BCUT2D eigenvalue weighted by Crippen LogP contribution is 2.38. The molecular formula is C15H30O3Si. The molecule has 0 aromatic carbocycles. The number of ether oxygens (including phenoxy) is 1. The number of carbonyl (C=O) groups excluding carboxylic acids is 1. The summed E-state index contributed by atoms with van der Waals surface area (Å²) >= 11 is 0. The molecule has 0 aromatic rings. The number of rotatable bonds is 7. The van der Waals surface area contributed by atoms with Crippen LogP contribution in [0.5, 0.6) is 0 Å². The molecule has 0 rings (SSSR count). The molecule has 0 saturated carbocycles. The number of hydrogen-bond donors (Lipinski definition) is 0. The fraction of sp³-hybridized carbons (Fsp3) is 0.800. The fourth-order valence-corrected chi connectivity index (χ4v) is 2.86. The number of allylic oxidation sites excluding steroid dienone is 1. The summed E-state index contributed by atoms with van der Waals surface area (Å²) in [6.45, 7) is 16.9. The maximum Gasteiger partial charge on any atom is 0.308 e. The number of methoxy groups -OCH3 is 1. The Kier molecular flexibility index (Phi) is 7.01. The highest BCUT2D eigenvalue weighted by molar-refractivity contribution is 6.74. The van der Waals surface area contributed by atoms with Gasteiger partial charge in [-0.3, -0.25) is 4.79 Å². The predicted molar refractivity (Wildman–Crippen MR) is 82.8 cm³/mol. The van der Waals surface area contributed by atoms with E-state index in [2.05, 4.69) is 40.4 Å². The van der Waals surface area contributed by atoms with E-state index in [1.54, 1.807) is 0 Å². The first kappa shape index (κ1) is 18.4. The Labute approximate surface area is 119 Å².